The highest BCUT2D eigenvalue weighted by Crippen LogP contribution is 2.29. The molecule has 2 unspecified atom stereocenters. The number of fused-ring (bicyclic) bond motifs is 3. The third-order valence-electron chi connectivity index (χ3n) is 5.89. The highest BCUT2D eigenvalue weighted by Gasteiger charge is 2.30. The standard InChI is InChI=1S/C28H33FN2O5/c1-5-10-18(27(35)30-21(24(32)17-29)16-26(34)36-28(2,3)4)15-25(33)31-22-13-8-6-11-19(22)20-12-7-9-14-23(20)31/h6-9,11-14,18,21H,5,10,15-17H2,1-4H3,(H,30,35). The number of benzene rings is 2. The summed E-state index contributed by atoms with van der Waals surface area (Å²) in [4.78, 5) is 51.1. The second-order valence-corrected chi connectivity index (χ2v) is 9.90. The zero-order valence-corrected chi connectivity index (χ0v) is 21.2. The average Bonchev–Trinajstić information content (AvgIpc) is 3.16. The molecule has 0 fully saturated rings. The normalized spacial score (nSPS) is 13.4. The number of hydrogen-bond donors (Lipinski definition) is 1. The first kappa shape index (κ1) is 27.0. The molecule has 1 aromatic heterocycles. The largest absolute Gasteiger partial charge is 0.460 e. The second-order valence-electron chi connectivity index (χ2n) is 9.90. The van der Waals surface area contributed by atoms with Crippen molar-refractivity contribution in [2.45, 2.75) is 65.0 Å². The third-order valence-corrected chi connectivity index (χ3v) is 5.89. The molecule has 1 amide bonds. The Morgan fingerprint density at radius 2 is 1.50 bits per heavy atom. The monoisotopic (exact) mass is 496 g/mol. The van der Waals surface area contributed by atoms with Crippen LogP contribution in [0.15, 0.2) is 48.5 Å². The summed E-state index contributed by atoms with van der Waals surface area (Å²) in [5, 5.41) is 4.37. The predicted molar refractivity (Wildman–Crippen MR) is 136 cm³/mol. The second kappa shape index (κ2) is 11.5. The molecule has 0 spiro atoms. The van der Waals surface area contributed by atoms with Crippen LogP contribution in [0, 0.1) is 5.92 Å². The molecule has 0 saturated heterocycles. The summed E-state index contributed by atoms with van der Waals surface area (Å²) in [6, 6.07) is 13.8. The molecule has 0 aliphatic carbocycles. The van der Waals surface area contributed by atoms with Crippen LogP contribution in [-0.4, -0.2) is 46.5 Å². The van der Waals surface area contributed by atoms with Crippen molar-refractivity contribution >= 4 is 45.4 Å². The quantitative estimate of drug-likeness (QED) is 0.399. The number of para-hydroxylation sites is 2. The lowest BCUT2D eigenvalue weighted by Crippen LogP contribution is -2.46. The van der Waals surface area contributed by atoms with Crippen LogP contribution in [0.25, 0.3) is 21.8 Å². The minimum atomic E-state index is -1.36. The number of ketones is 1. The Labute approximate surface area is 210 Å². The Morgan fingerprint density at radius 1 is 0.944 bits per heavy atom. The molecular weight excluding hydrogens is 463 g/mol. The van der Waals surface area contributed by atoms with Crippen molar-refractivity contribution in [3.8, 4) is 0 Å². The first-order valence-electron chi connectivity index (χ1n) is 12.2. The first-order chi connectivity index (χ1) is 17.1. The van der Waals surface area contributed by atoms with Gasteiger partial charge in [-0.2, -0.15) is 0 Å². The molecule has 8 heteroatoms. The topological polar surface area (TPSA) is 94.5 Å². The number of carbonyl (C=O) groups is 4. The lowest BCUT2D eigenvalue weighted by atomic mass is 9.97. The van der Waals surface area contributed by atoms with E-state index in [9.17, 15) is 23.6 Å². The number of ether oxygens (including phenoxy) is 1. The fourth-order valence-corrected chi connectivity index (χ4v) is 4.35. The van der Waals surface area contributed by atoms with E-state index in [-0.39, 0.29) is 12.3 Å². The van der Waals surface area contributed by atoms with Crippen molar-refractivity contribution in [1.29, 1.82) is 0 Å². The molecule has 7 nitrogen and oxygen atoms in total. The Morgan fingerprint density at radius 3 is 2.00 bits per heavy atom. The summed E-state index contributed by atoms with van der Waals surface area (Å²) in [5.41, 5.74) is 0.702. The predicted octanol–water partition coefficient (Wildman–Crippen LogP) is 5.00. The van der Waals surface area contributed by atoms with Crippen LogP contribution in [0.3, 0.4) is 0 Å². The van der Waals surface area contributed by atoms with Crippen molar-refractivity contribution in [2.75, 3.05) is 6.67 Å². The maximum Gasteiger partial charge on any atom is 0.308 e. The van der Waals surface area contributed by atoms with Gasteiger partial charge >= 0.3 is 5.97 Å². The number of rotatable bonds is 10. The van der Waals surface area contributed by atoms with E-state index in [0.29, 0.717) is 12.8 Å². The Bertz CT molecular complexity index is 1220. The maximum absolute atomic E-state index is 13.5. The molecule has 0 aliphatic heterocycles. The molecule has 3 aromatic rings. The number of Topliss-reactive ketones (excluding diaryl/α,β-unsaturated/α-hetero) is 1. The van der Waals surface area contributed by atoms with E-state index in [1.54, 1.807) is 25.3 Å². The molecule has 1 N–H and O–H groups in total. The molecular formula is C28H33FN2O5. The van der Waals surface area contributed by atoms with Gasteiger partial charge in [0.2, 0.25) is 11.8 Å². The SMILES string of the molecule is CCCC(CC(=O)n1c2ccccc2c2ccccc21)C(=O)NC(CC(=O)OC(C)(C)C)C(=O)CF. The number of halogens is 1. The number of esters is 1. The molecule has 0 radical (unpaired) electrons. The number of nitrogens with one attached hydrogen (secondary N) is 1. The van der Waals surface area contributed by atoms with Gasteiger partial charge in [-0.3, -0.25) is 23.7 Å². The summed E-state index contributed by atoms with van der Waals surface area (Å²) >= 11 is 0. The van der Waals surface area contributed by atoms with Gasteiger partial charge in [0, 0.05) is 23.1 Å². The van der Waals surface area contributed by atoms with Crippen LogP contribution >= 0.6 is 0 Å². The van der Waals surface area contributed by atoms with Gasteiger partial charge in [-0.25, -0.2) is 4.39 Å². The maximum atomic E-state index is 13.5. The Balaban J connectivity index is 1.83. The Kier molecular flexibility index (Phi) is 8.61. The zero-order chi connectivity index (χ0) is 26.5. The minimum Gasteiger partial charge on any atom is -0.460 e. The van der Waals surface area contributed by atoms with E-state index in [1.165, 1.54) is 0 Å². The van der Waals surface area contributed by atoms with E-state index < -0.39 is 48.3 Å². The van der Waals surface area contributed by atoms with Crippen LogP contribution in [0.4, 0.5) is 4.39 Å². The molecule has 0 aliphatic rings. The van der Waals surface area contributed by atoms with E-state index in [4.69, 9.17) is 4.74 Å². The minimum absolute atomic E-state index is 0.106. The van der Waals surface area contributed by atoms with Gasteiger partial charge in [-0.05, 0) is 39.3 Å². The summed E-state index contributed by atoms with van der Waals surface area (Å²) in [6.07, 6.45) is 0.417. The summed E-state index contributed by atoms with van der Waals surface area (Å²) in [6.45, 7) is 5.58. The smallest absolute Gasteiger partial charge is 0.308 e. The van der Waals surface area contributed by atoms with Crippen molar-refractivity contribution in [3.63, 3.8) is 0 Å². The summed E-state index contributed by atoms with van der Waals surface area (Å²) in [5.74, 6) is -3.22. The van der Waals surface area contributed by atoms with Crippen LogP contribution in [0.2, 0.25) is 0 Å². The number of alkyl halides is 1. The summed E-state index contributed by atoms with van der Waals surface area (Å²) < 4.78 is 20.0. The lowest BCUT2D eigenvalue weighted by Gasteiger charge is -2.23. The number of carbonyl (C=O) groups excluding carboxylic acids is 4. The van der Waals surface area contributed by atoms with Crippen molar-refractivity contribution in [1.82, 2.24) is 9.88 Å². The van der Waals surface area contributed by atoms with E-state index in [0.717, 1.165) is 21.8 Å². The van der Waals surface area contributed by atoms with Gasteiger partial charge in [-0.15, -0.1) is 0 Å². The third kappa shape index (κ3) is 6.36. The fraction of sp³-hybridized carbons (Fsp3) is 0.429. The number of amides is 1. The first-order valence-corrected chi connectivity index (χ1v) is 12.2. The zero-order valence-electron chi connectivity index (χ0n) is 21.2. The molecule has 0 saturated carbocycles. The van der Waals surface area contributed by atoms with Gasteiger partial charge in [0.05, 0.1) is 17.5 Å². The van der Waals surface area contributed by atoms with Gasteiger partial charge in [0.25, 0.3) is 0 Å². The molecule has 192 valence electrons. The van der Waals surface area contributed by atoms with Crippen molar-refractivity contribution in [3.05, 3.63) is 48.5 Å². The van der Waals surface area contributed by atoms with Crippen molar-refractivity contribution < 1.29 is 28.3 Å². The highest BCUT2D eigenvalue weighted by molar-refractivity contribution is 6.13. The highest BCUT2D eigenvalue weighted by atomic mass is 19.1. The Hall–Kier alpha value is -3.55. The van der Waals surface area contributed by atoms with E-state index in [1.807, 2.05) is 55.5 Å². The van der Waals surface area contributed by atoms with Crippen molar-refractivity contribution in [2.24, 2.45) is 5.92 Å². The summed E-state index contributed by atoms with van der Waals surface area (Å²) in [7, 11) is 0. The lowest BCUT2D eigenvalue weighted by molar-refractivity contribution is -0.156. The van der Waals surface area contributed by atoms with Crippen LogP contribution in [0.5, 0.6) is 0 Å². The number of nitrogens with zero attached hydrogens (tertiary/aromatic N) is 1. The van der Waals surface area contributed by atoms with Crippen LogP contribution in [-0.2, 0) is 19.1 Å². The van der Waals surface area contributed by atoms with Crippen LogP contribution in [0.1, 0.15) is 58.2 Å². The van der Waals surface area contributed by atoms with Gasteiger partial charge in [0.1, 0.15) is 18.3 Å². The van der Waals surface area contributed by atoms with Crippen LogP contribution < -0.4 is 5.32 Å². The molecule has 1 heterocycles. The van der Waals surface area contributed by atoms with Gasteiger partial charge < -0.3 is 10.1 Å². The number of hydrogen-bond acceptors (Lipinski definition) is 5. The molecule has 2 atom stereocenters. The molecule has 0 bridgehead atoms. The number of aromatic nitrogens is 1. The fourth-order valence-electron chi connectivity index (χ4n) is 4.35. The van der Waals surface area contributed by atoms with Gasteiger partial charge in [0.15, 0.2) is 5.78 Å². The molecule has 2 aromatic carbocycles. The molecule has 36 heavy (non-hydrogen) atoms. The van der Waals surface area contributed by atoms with E-state index >= 15 is 0 Å². The average molecular weight is 497 g/mol. The van der Waals surface area contributed by atoms with Gasteiger partial charge in [-0.1, -0.05) is 49.7 Å². The molecule has 3 rings (SSSR count). The van der Waals surface area contributed by atoms with E-state index in [2.05, 4.69) is 5.32 Å².